The summed E-state index contributed by atoms with van der Waals surface area (Å²) in [6.07, 6.45) is 8.62. The fraction of sp³-hybridized carbons (Fsp3) is 0.480. The number of alkyl carbamates (subject to hydrolysis) is 1. The van der Waals surface area contributed by atoms with Gasteiger partial charge >= 0.3 is 6.09 Å². The minimum Gasteiger partial charge on any atom is -0.447 e. The molecule has 1 aliphatic carbocycles. The van der Waals surface area contributed by atoms with E-state index in [0.717, 1.165) is 22.4 Å². The van der Waals surface area contributed by atoms with Crippen LogP contribution in [-0.2, 0) is 11.2 Å². The molecule has 0 atom stereocenters. The summed E-state index contributed by atoms with van der Waals surface area (Å²) < 4.78 is 8.38. The number of allylic oxidation sites excluding steroid dienone is 1. The molecule has 7 heteroatoms. The van der Waals surface area contributed by atoms with Gasteiger partial charge in [0.2, 0.25) is 0 Å². The van der Waals surface area contributed by atoms with E-state index in [9.17, 15) is 4.79 Å². The molecular formula is C25H34N4O2S. The quantitative estimate of drug-likeness (QED) is 0.474. The summed E-state index contributed by atoms with van der Waals surface area (Å²) in [6.45, 7) is 9.41. The highest BCUT2D eigenvalue weighted by molar-refractivity contribution is 7.18. The summed E-state index contributed by atoms with van der Waals surface area (Å²) >= 11 is 1.76. The highest BCUT2D eigenvalue weighted by atomic mass is 32.1. The smallest absolute Gasteiger partial charge is 0.407 e. The van der Waals surface area contributed by atoms with E-state index in [0.29, 0.717) is 12.5 Å². The average molecular weight is 455 g/mol. The SMILES string of the molecule is C=C(C)C#CCc1nc2cnc3ccsc3c2n1C1CCCCC1.CNC(=O)OC(C)C.[HH]. The standard InChI is InChI=1S/C20H21N3S.C5H11NO2.H2/c1-14(2)7-6-10-18-22-17-13-21-16-11-12-24-20(16)19(17)23(18)15-8-4-3-5-9-15;1-4(2)8-5(7)6-3;/h11-13,15H,1,3-5,8-10H2,2H3;4H,1-3H3,(H,6,7);1H. The first-order valence-electron chi connectivity index (χ1n) is 11.2. The second kappa shape index (κ2) is 11.1. The highest BCUT2D eigenvalue weighted by Crippen LogP contribution is 2.36. The lowest BCUT2D eigenvalue weighted by atomic mass is 9.95. The van der Waals surface area contributed by atoms with E-state index >= 15 is 0 Å². The lowest BCUT2D eigenvalue weighted by Gasteiger charge is -2.25. The van der Waals surface area contributed by atoms with Crippen molar-refractivity contribution in [1.82, 2.24) is 19.9 Å². The predicted molar refractivity (Wildman–Crippen MR) is 134 cm³/mol. The van der Waals surface area contributed by atoms with Crippen LogP contribution in [0.15, 0.2) is 29.8 Å². The zero-order chi connectivity index (χ0) is 23.1. The maximum absolute atomic E-state index is 10.3. The van der Waals surface area contributed by atoms with Gasteiger partial charge in [-0.2, -0.15) is 0 Å². The van der Waals surface area contributed by atoms with Crippen molar-refractivity contribution in [3.8, 4) is 11.8 Å². The molecular weight excluding hydrogens is 420 g/mol. The first-order valence-corrected chi connectivity index (χ1v) is 12.0. The van der Waals surface area contributed by atoms with Crippen LogP contribution in [0.25, 0.3) is 21.3 Å². The van der Waals surface area contributed by atoms with Crippen LogP contribution in [0.3, 0.4) is 0 Å². The Kier molecular flexibility index (Phi) is 8.29. The van der Waals surface area contributed by atoms with Gasteiger partial charge in [0.05, 0.1) is 34.5 Å². The first kappa shape index (κ1) is 23.8. The molecule has 0 unspecified atom stereocenters. The number of hydrogen-bond acceptors (Lipinski definition) is 5. The number of fused-ring (bicyclic) bond motifs is 3. The van der Waals surface area contributed by atoms with Crippen LogP contribution in [0.2, 0.25) is 0 Å². The van der Waals surface area contributed by atoms with Crippen LogP contribution in [0.5, 0.6) is 0 Å². The molecule has 0 aliphatic heterocycles. The topological polar surface area (TPSA) is 69.0 Å². The summed E-state index contributed by atoms with van der Waals surface area (Å²) in [6, 6.07) is 2.64. The van der Waals surface area contributed by atoms with E-state index in [1.807, 2.05) is 13.1 Å². The fourth-order valence-electron chi connectivity index (χ4n) is 3.93. The number of nitrogens with zero attached hydrogens (tertiary/aromatic N) is 3. The van der Waals surface area contributed by atoms with Gasteiger partial charge in [-0.05, 0) is 50.6 Å². The molecule has 0 radical (unpaired) electrons. The van der Waals surface area contributed by atoms with E-state index in [1.54, 1.807) is 25.2 Å². The molecule has 1 fully saturated rings. The van der Waals surface area contributed by atoms with Gasteiger partial charge < -0.3 is 14.6 Å². The molecule has 0 spiro atoms. The first-order chi connectivity index (χ1) is 15.4. The Morgan fingerprint density at radius 1 is 1.38 bits per heavy atom. The van der Waals surface area contributed by atoms with Gasteiger partial charge in [0.1, 0.15) is 11.3 Å². The van der Waals surface area contributed by atoms with Crippen molar-refractivity contribution in [2.75, 3.05) is 7.05 Å². The molecule has 4 rings (SSSR count). The lowest BCUT2D eigenvalue weighted by Crippen LogP contribution is -2.22. The van der Waals surface area contributed by atoms with Crippen LogP contribution >= 0.6 is 11.3 Å². The Hall–Kier alpha value is -2.85. The number of aromatic nitrogens is 3. The van der Waals surface area contributed by atoms with Crippen molar-refractivity contribution < 1.29 is 11.0 Å². The largest absolute Gasteiger partial charge is 0.447 e. The Labute approximate surface area is 195 Å². The summed E-state index contributed by atoms with van der Waals surface area (Å²) in [4.78, 5) is 19.7. The molecule has 0 bridgehead atoms. The van der Waals surface area contributed by atoms with Crippen LogP contribution < -0.4 is 5.32 Å². The minimum absolute atomic E-state index is 0. The number of imidazole rings is 1. The van der Waals surface area contributed by atoms with E-state index < -0.39 is 0 Å². The van der Waals surface area contributed by atoms with Gasteiger partial charge in [0, 0.05) is 14.5 Å². The van der Waals surface area contributed by atoms with Crippen molar-refractivity contribution in [3.63, 3.8) is 0 Å². The molecule has 172 valence electrons. The van der Waals surface area contributed by atoms with Crippen LogP contribution in [0.4, 0.5) is 4.79 Å². The van der Waals surface area contributed by atoms with Crippen LogP contribution in [0, 0.1) is 11.8 Å². The molecule has 1 aliphatic rings. The van der Waals surface area contributed by atoms with E-state index in [4.69, 9.17) is 4.98 Å². The third kappa shape index (κ3) is 5.89. The van der Waals surface area contributed by atoms with E-state index in [2.05, 4.69) is 49.5 Å². The Bertz CT molecular complexity index is 1150. The number of ether oxygens (including phenoxy) is 1. The minimum atomic E-state index is -0.375. The van der Waals surface area contributed by atoms with Gasteiger partial charge in [-0.3, -0.25) is 4.98 Å². The Balaban J connectivity index is 0.000000372. The fourth-order valence-corrected chi connectivity index (χ4v) is 4.82. The Morgan fingerprint density at radius 2 is 2.12 bits per heavy atom. The van der Waals surface area contributed by atoms with Crippen molar-refractivity contribution in [2.45, 2.75) is 71.4 Å². The number of pyridine rings is 1. The molecule has 3 heterocycles. The number of carbonyl (C=O) groups excluding carboxylic acids is 1. The summed E-state index contributed by atoms with van der Waals surface area (Å²) in [5.41, 5.74) is 4.23. The molecule has 0 aromatic carbocycles. The highest BCUT2D eigenvalue weighted by Gasteiger charge is 2.23. The number of nitrogens with one attached hydrogen (secondary N) is 1. The second-order valence-electron chi connectivity index (χ2n) is 8.28. The van der Waals surface area contributed by atoms with Crippen molar-refractivity contribution in [3.05, 3.63) is 35.6 Å². The molecule has 3 aromatic rings. The number of rotatable bonds is 3. The maximum Gasteiger partial charge on any atom is 0.407 e. The third-order valence-electron chi connectivity index (χ3n) is 5.23. The van der Waals surface area contributed by atoms with Crippen molar-refractivity contribution in [2.24, 2.45) is 0 Å². The predicted octanol–water partition coefficient (Wildman–Crippen LogP) is 6.27. The summed E-state index contributed by atoms with van der Waals surface area (Å²) in [5.74, 6) is 7.40. The lowest BCUT2D eigenvalue weighted by molar-refractivity contribution is 0.117. The van der Waals surface area contributed by atoms with Crippen LogP contribution in [0.1, 0.15) is 66.2 Å². The molecule has 1 N–H and O–H groups in total. The van der Waals surface area contributed by atoms with Gasteiger partial charge in [0.25, 0.3) is 0 Å². The maximum atomic E-state index is 10.3. The van der Waals surface area contributed by atoms with Gasteiger partial charge in [-0.25, -0.2) is 9.78 Å². The number of amides is 1. The van der Waals surface area contributed by atoms with Crippen molar-refractivity contribution in [1.29, 1.82) is 0 Å². The summed E-state index contributed by atoms with van der Waals surface area (Å²) in [7, 11) is 1.53. The molecule has 6 nitrogen and oxygen atoms in total. The van der Waals surface area contributed by atoms with Gasteiger partial charge in [-0.15, -0.1) is 11.3 Å². The molecule has 3 aromatic heterocycles. The molecule has 0 saturated heterocycles. The van der Waals surface area contributed by atoms with Crippen LogP contribution in [-0.4, -0.2) is 33.8 Å². The van der Waals surface area contributed by atoms with Crippen molar-refractivity contribution >= 4 is 38.7 Å². The zero-order valence-corrected chi connectivity index (χ0v) is 20.2. The third-order valence-corrected chi connectivity index (χ3v) is 6.14. The number of carbonyl (C=O) groups is 1. The Morgan fingerprint density at radius 3 is 2.75 bits per heavy atom. The monoisotopic (exact) mass is 454 g/mol. The number of thiophene rings is 1. The average Bonchev–Trinajstić information content (AvgIpc) is 3.38. The molecule has 1 saturated carbocycles. The molecule has 32 heavy (non-hydrogen) atoms. The van der Waals surface area contributed by atoms with E-state index in [1.165, 1.54) is 49.4 Å². The second-order valence-corrected chi connectivity index (χ2v) is 9.20. The van der Waals surface area contributed by atoms with Gasteiger partial charge in [-0.1, -0.05) is 37.7 Å². The van der Waals surface area contributed by atoms with E-state index in [-0.39, 0.29) is 13.6 Å². The van der Waals surface area contributed by atoms with Gasteiger partial charge in [0.15, 0.2) is 0 Å². The summed E-state index contributed by atoms with van der Waals surface area (Å²) in [5, 5.41) is 4.46. The zero-order valence-electron chi connectivity index (χ0n) is 19.4. The number of hydrogen-bond donors (Lipinski definition) is 1. The molecule has 1 amide bonds. The normalized spacial score (nSPS) is 13.9.